The van der Waals surface area contributed by atoms with E-state index in [0.29, 0.717) is 5.56 Å². The Morgan fingerprint density at radius 2 is 2.35 bits per heavy atom. The van der Waals surface area contributed by atoms with Crippen LogP contribution in [0.25, 0.3) is 0 Å². The van der Waals surface area contributed by atoms with Crippen molar-refractivity contribution in [3.63, 3.8) is 0 Å². The number of aliphatic hydroxyl groups is 2. The second kappa shape index (κ2) is 6.30. The number of hydrogen-bond acceptors (Lipinski definition) is 6. The number of alkyl halides is 1. The predicted octanol–water partition coefficient (Wildman–Crippen LogP) is -2.65. The Bertz CT molecular complexity index is 541. The summed E-state index contributed by atoms with van der Waals surface area (Å²) < 4.78 is 20.8. The molecule has 111 valence electrons. The Kier molecular flexibility index (Phi) is 4.90. The Labute approximate surface area is 122 Å². The fourth-order valence-electron chi connectivity index (χ4n) is 2.07. The SMILES string of the molecule is CNCc1cn([C@@H]2O[C@H](CO)C(O)[C@@H]2F)c([Se])nc1=O. The zero-order valence-corrected chi connectivity index (χ0v) is 12.4. The van der Waals surface area contributed by atoms with Gasteiger partial charge in [-0.3, -0.25) is 0 Å². The van der Waals surface area contributed by atoms with E-state index in [4.69, 9.17) is 9.84 Å². The van der Waals surface area contributed by atoms with Crippen LogP contribution in [-0.4, -0.2) is 67.8 Å². The first-order chi connectivity index (χ1) is 9.49. The zero-order valence-electron chi connectivity index (χ0n) is 10.7. The Morgan fingerprint density at radius 3 is 2.90 bits per heavy atom. The minimum absolute atomic E-state index is 0.160. The molecule has 2 heterocycles. The van der Waals surface area contributed by atoms with Gasteiger partial charge in [0, 0.05) is 0 Å². The van der Waals surface area contributed by atoms with Gasteiger partial charge in [0.05, 0.1) is 0 Å². The second-order valence-electron chi connectivity index (χ2n) is 4.47. The number of aromatic nitrogens is 2. The van der Waals surface area contributed by atoms with Crippen LogP contribution in [0, 0.1) is 0 Å². The first kappa shape index (κ1) is 15.6. The topological polar surface area (TPSA) is 96.6 Å². The molecule has 0 saturated carbocycles. The van der Waals surface area contributed by atoms with Crippen molar-refractivity contribution in [1.29, 1.82) is 0 Å². The zero-order chi connectivity index (χ0) is 14.9. The normalized spacial score (nSPS) is 29.8. The molecule has 9 heteroatoms. The van der Waals surface area contributed by atoms with Crippen molar-refractivity contribution in [2.75, 3.05) is 13.7 Å². The number of hydrogen-bond donors (Lipinski definition) is 3. The van der Waals surface area contributed by atoms with Gasteiger partial charge in [0.15, 0.2) is 0 Å². The van der Waals surface area contributed by atoms with E-state index in [1.165, 1.54) is 10.8 Å². The van der Waals surface area contributed by atoms with Gasteiger partial charge in [-0.15, -0.1) is 0 Å². The summed E-state index contributed by atoms with van der Waals surface area (Å²) in [4.78, 5) is 15.4. The average Bonchev–Trinajstić information content (AvgIpc) is 2.70. The van der Waals surface area contributed by atoms with E-state index in [9.17, 15) is 14.3 Å². The molecule has 1 aliphatic rings. The van der Waals surface area contributed by atoms with E-state index in [0.717, 1.165) is 0 Å². The third-order valence-corrected chi connectivity index (χ3v) is 3.74. The van der Waals surface area contributed by atoms with Gasteiger partial charge in [0.1, 0.15) is 0 Å². The second-order valence-corrected chi connectivity index (χ2v) is 5.24. The number of nitrogens with one attached hydrogen (secondary N) is 1. The quantitative estimate of drug-likeness (QED) is 0.513. The molecule has 1 radical (unpaired) electrons. The van der Waals surface area contributed by atoms with Crippen LogP contribution in [0.15, 0.2) is 11.0 Å². The van der Waals surface area contributed by atoms with Crippen molar-refractivity contribution in [3.05, 3.63) is 22.1 Å². The molecule has 1 aliphatic heterocycles. The van der Waals surface area contributed by atoms with Crippen molar-refractivity contribution in [1.82, 2.24) is 14.9 Å². The van der Waals surface area contributed by atoms with Crippen molar-refractivity contribution in [2.45, 2.75) is 31.2 Å². The summed E-state index contributed by atoms with van der Waals surface area (Å²) in [6, 6.07) is 0. The fourth-order valence-corrected chi connectivity index (χ4v) is 2.57. The molecule has 3 N–H and O–H groups in total. The van der Waals surface area contributed by atoms with Crippen LogP contribution < -0.4 is 15.6 Å². The molecule has 2 rings (SSSR count). The number of rotatable bonds is 4. The van der Waals surface area contributed by atoms with Gasteiger partial charge in [-0.1, -0.05) is 0 Å². The first-order valence-electron chi connectivity index (χ1n) is 6.01. The van der Waals surface area contributed by atoms with Gasteiger partial charge in [0.25, 0.3) is 0 Å². The maximum atomic E-state index is 14.1. The Hall–Kier alpha value is -0.831. The molecule has 7 nitrogen and oxygen atoms in total. The summed E-state index contributed by atoms with van der Waals surface area (Å²) in [5.41, 5.74) is -0.0683. The molecule has 1 aromatic rings. The third-order valence-electron chi connectivity index (χ3n) is 3.10. The van der Waals surface area contributed by atoms with Gasteiger partial charge in [-0.05, 0) is 0 Å². The molecular weight excluding hydrogens is 336 g/mol. The van der Waals surface area contributed by atoms with E-state index < -0.39 is 36.8 Å². The standard InChI is InChI=1S/C11H15FN3O4Se/c1-13-2-5-3-15(11(20)14-9(5)18)10-7(12)8(17)6(4-16)19-10/h3,6-8,10,13,16-17H,2,4H2,1H3/t6-,7+,8?,10-/m1/s1. The summed E-state index contributed by atoms with van der Waals surface area (Å²) in [5.74, 6) is 0. The van der Waals surface area contributed by atoms with Crippen molar-refractivity contribution >= 4 is 20.7 Å². The van der Waals surface area contributed by atoms with Crippen LogP contribution in [0.3, 0.4) is 0 Å². The summed E-state index contributed by atoms with van der Waals surface area (Å²) in [6.45, 7) is -0.209. The van der Waals surface area contributed by atoms with Crippen molar-refractivity contribution in [3.8, 4) is 0 Å². The van der Waals surface area contributed by atoms with Crippen LogP contribution in [0.4, 0.5) is 4.39 Å². The van der Waals surface area contributed by atoms with Crippen LogP contribution in [0.2, 0.25) is 0 Å². The monoisotopic (exact) mass is 352 g/mol. The van der Waals surface area contributed by atoms with Gasteiger partial charge >= 0.3 is 122 Å². The Morgan fingerprint density at radius 1 is 1.65 bits per heavy atom. The summed E-state index contributed by atoms with van der Waals surface area (Å²) in [6.07, 6.45) is -3.84. The minimum atomic E-state index is -1.72. The molecule has 1 unspecified atom stereocenters. The number of halogens is 1. The van der Waals surface area contributed by atoms with Crippen LogP contribution >= 0.6 is 0 Å². The average molecular weight is 351 g/mol. The van der Waals surface area contributed by atoms with E-state index in [1.807, 2.05) is 0 Å². The van der Waals surface area contributed by atoms with E-state index in [1.54, 1.807) is 7.05 Å². The van der Waals surface area contributed by atoms with Gasteiger partial charge in [-0.25, -0.2) is 0 Å². The summed E-state index contributed by atoms with van der Waals surface area (Å²) in [5, 5.41) is 21.5. The molecule has 0 amide bonds. The molecule has 0 aromatic carbocycles. The van der Waals surface area contributed by atoms with E-state index in [-0.39, 0.29) is 11.3 Å². The number of aliphatic hydroxyl groups excluding tert-OH is 2. The van der Waals surface area contributed by atoms with Gasteiger partial charge in [0.2, 0.25) is 0 Å². The molecule has 0 spiro atoms. The summed E-state index contributed by atoms with van der Waals surface area (Å²) in [7, 11) is 1.67. The molecule has 4 atom stereocenters. The molecule has 0 aliphatic carbocycles. The molecule has 1 aromatic heterocycles. The third kappa shape index (κ3) is 2.78. The van der Waals surface area contributed by atoms with Crippen LogP contribution in [-0.2, 0) is 11.3 Å². The van der Waals surface area contributed by atoms with Crippen molar-refractivity contribution < 1.29 is 19.3 Å². The molecule has 1 saturated heterocycles. The molecule has 20 heavy (non-hydrogen) atoms. The molecule has 1 fully saturated rings. The van der Waals surface area contributed by atoms with Crippen molar-refractivity contribution in [2.24, 2.45) is 0 Å². The first-order valence-corrected chi connectivity index (χ1v) is 6.87. The molecule has 0 bridgehead atoms. The number of ether oxygens (including phenoxy) is 1. The maximum absolute atomic E-state index is 14.1. The number of nitrogens with zero attached hydrogens (tertiary/aromatic N) is 2. The summed E-state index contributed by atoms with van der Waals surface area (Å²) >= 11 is 2.57. The van der Waals surface area contributed by atoms with E-state index in [2.05, 4.69) is 26.3 Å². The van der Waals surface area contributed by atoms with Gasteiger partial charge in [-0.2, -0.15) is 0 Å². The van der Waals surface area contributed by atoms with Gasteiger partial charge < -0.3 is 0 Å². The predicted molar refractivity (Wildman–Crippen MR) is 68.5 cm³/mol. The fraction of sp³-hybridized carbons (Fsp3) is 0.636. The van der Waals surface area contributed by atoms with Crippen LogP contribution in [0.1, 0.15) is 11.8 Å². The van der Waals surface area contributed by atoms with E-state index >= 15 is 0 Å². The Balaban J connectivity index is 2.37. The molecular formula is C11H15FN3O4Se. The van der Waals surface area contributed by atoms with Crippen LogP contribution in [0.5, 0.6) is 0 Å².